The minimum atomic E-state index is -5.05. The molecular weight excluding hydrogens is 344 g/mol. The summed E-state index contributed by atoms with van der Waals surface area (Å²) in [6.07, 6.45) is 3.99. The zero-order valence-electron chi connectivity index (χ0n) is 12.8. The fourth-order valence-electron chi connectivity index (χ4n) is 1.93. The molecule has 10 heteroatoms. The molecule has 0 radical (unpaired) electrons. The molecule has 0 aliphatic heterocycles. The topological polar surface area (TPSA) is 136 Å². The van der Waals surface area contributed by atoms with Crippen molar-refractivity contribution in [3.8, 4) is 5.75 Å². The Morgan fingerprint density at radius 3 is 2.22 bits per heavy atom. The Morgan fingerprint density at radius 2 is 1.65 bits per heavy atom. The number of hydrogen-bond acceptors (Lipinski definition) is 4. The van der Waals surface area contributed by atoms with Crippen LogP contribution in [0.4, 0.5) is 5.69 Å². The van der Waals surface area contributed by atoms with Crippen LogP contribution in [0.1, 0.15) is 32.6 Å². The smallest absolute Gasteiger partial charge is 0.360 e. The van der Waals surface area contributed by atoms with Crippen LogP contribution in [0.25, 0.3) is 0 Å². The maximum atomic E-state index is 11.3. The molecule has 0 spiro atoms. The summed E-state index contributed by atoms with van der Waals surface area (Å²) in [6.45, 7) is 2.50. The lowest BCUT2D eigenvalue weighted by atomic mass is 10.2. The SMILES string of the molecule is CCCCCCOc1ccccc1NC(P(=O)(O)O)P(=O)(O)O. The van der Waals surface area contributed by atoms with Crippen LogP contribution in [0.3, 0.4) is 0 Å². The van der Waals surface area contributed by atoms with Crippen LogP contribution < -0.4 is 10.1 Å². The summed E-state index contributed by atoms with van der Waals surface area (Å²) in [7, 11) is -10.1. The van der Waals surface area contributed by atoms with Gasteiger partial charge < -0.3 is 29.6 Å². The summed E-state index contributed by atoms with van der Waals surface area (Å²) in [4.78, 5) is 36.6. The van der Waals surface area contributed by atoms with Gasteiger partial charge in [-0.05, 0) is 18.6 Å². The van der Waals surface area contributed by atoms with Crippen molar-refractivity contribution in [2.24, 2.45) is 0 Å². The van der Waals surface area contributed by atoms with Gasteiger partial charge in [-0.25, -0.2) is 0 Å². The van der Waals surface area contributed by atoms with E-state index in [2.05, 4.69) is 12.2 Å². The van der Waals surface area contributed by atoms with E-state index in [0.29, 0.717) is 6.61 Å². The average Bonchev–Trinajstić information content (AvgIpc) is 2.43. The lowest BCUT2D eigenvalue weighted by Gasteiger charge is -2.23. The van der Waals surface area contributed by atoms with E-state index >= 15 is 0 Å². The first-order valence-corrected chi connectivity index (χ1v) is 10.6. The first kappa shape index (κ1) is 20.2. The Morgan fingerprint density at radius 1 is 1.04 bits per heavy atom. The summed E-state index contributed by atoms with van der Waals surface area (Å²) in [5, 5.41) is 2.23. The van der Waals surface area contributed by atoms with Gasteiger partial charge in [-0.3, -0.25) is 9.13 Å². The number of para-hydroxylation sites is 2. The Kier molecular flexibility index (Phi) is 7.74. The summed E-state index contributed by atoms with van der Waals surface area (Å²) in [5.41, 5.74) is -2.18. The maximum Gasteiger partial charge on any atom is 0.360 e. The van der Waals surface area contributed by atoms with Gasteiger partial charge in [-0.2, -0.15) is 0 Å². The van der Waals surface area contributed by atoms with E-state index in [0.717, 1.165) is 25.7 Å². The molecule has 8 nitrogen and oxygen atoms in total. The van der Waals surface area contributed by atoms with Gasteiger partial charge in [0.1, 0.15) is 5.75 Å². The molecule has 0 aliphatic rings. The van der Waals surface area contributed by atoms with Gasteiger partial charge >= 0.3 is 15.2 Å². The summed E-state index contributed by atoms with van der Waals surface area (Å²) in [5.74, 6) is 0.288. The van der Waals surface area contributed by atoms with E-state index in [1.165, 1.54) is 6.07 Å². The minimum absolute atomic E-state index is 0.125. The van der Waals surface area contributed by atoms with Crippen molar-refractivity contribution in [2.75, 3.05) is 11.9 Å². The van der Waals surface area contributed by atoms with Crippen molar-refractivity contribution in [3.05, 3.63) is 24.3 Å². The van der Waals surface area contributed by atoms with Gasteiger partial charge in [0, 0.05) is 0 Å². The summed E-state index contributed by atoms with van der Waals surface area (Å²) in [6, 6.07) is 6.25. The third-order valence-corrected chi connectivity index (χ3v) is 6.40. The molecule has 0 aromatic heterocycles. The third kappa shape index (κ3) is 7.04. The standard InChI is InChI=1S/C13H23NO7P2/c1-2-3-4-7-10-21-12-9-6-5-8-11(12)14-13(22(15,16)17)23(18,19)20/h5-6,8-9,13-14H,2-4,7,10H2,1H3,(H2,15,16,17)(H2,18,19,20). The predicted octanol–water partition coefficient (Wildman–Crippen LogP) is 2.70. The van der Waals surface area contributed by atoms with Crippen LogP contribution >= 0.6 is 15.2 Å². The molecular formula is C13H23NO7P2. The van der Waals surface area contributed by atoms with Crippen molar-refractivity contribution in [1.82, 2.24) is 0 Å². The lowest BCUT2D eigenvalue weighted by molar-refractivity contribution is 0.306. The summed E-state index contributed by atoms with van der Waals surface area (Å²) >= 11 is 0. The molecule has 23 heavy (non-hydrogen) atoms. The van der Waals surface area contributed by atoms with Gasteiger partial charge in [-0.1, -0.05) is 38.3 Å². The van der Waals surface area contributed by atoms with Crippen molar-refractivity contribution >= 4 is 20.9 Å². The molecule has 1 aromatic carbocycles. The second-order valence-corrected chi connectivity index (χ2v) is 8.90. The molecule has 0 saturated carbocycles. The quantitative estimate of drug-likeness (QED) is 0.314. The molecule has 0 fully saturated rings. The van der Waals surface area contributed by atoms with E-state index in [1.54, 1.807) is 18.2 Å². The highest BCUT2D eigenvalue weighted by atomic mass is 31.2. The van der Waals surface area contributed by atoms with Crippen molar-refractivity contribution in [1.29, 1.82) is 0 Å². The van der Waals surface area contributed by atoms with Gasteiger partial charge in [0.25, 0.3) is 0 Å². The number of anilines is 1. The number of ether oxygens (including phenoxy) is 1. The van der Waals surface area contributed by atoms with Gasteiger partial charge in [0.2, 0.25) is 5.52 Å². The number of nitrogens with one attached hydrogen (secondary N) is 1. The van der Waals surface area contributed by atoms with Crippen LogP contribution in [0, 0.1) is 0 Å². The highest BCUT2D eigenvalue weighted by Gasteiger charge is 2.43. The highest BCUT2D eigenvalue weighted by molar-refractivity contribution is 7.71. The molecule has 0 saturated heterocycles. The van der Waals surface area contributed by atoms with Gasteiger partial charge in [0.15, 0.2) is 0 Å². The molecule has 5 N–H and O–H groups in total. The zero-order chi connectivity index (χ0) is 17.5. The Bertz CT molecular complexity index is 561. The van der Waals surface area contributed by atoms with Crippen LogP contribution in [0.15, 0.2) is 24.3 Å². The van der Waals surface area contributed by atoms with Crippen molar-refractivity contribution in [3.63, 3.8) is 0 Å². The van der Waals surface area contributed by atoms with E-state index in [-0.39, 0.29) is 11.4 Å². The van der Waals surface area contributed by atoms with Crippen LogP contribution in [0.5, 0.6) is 5.75 Å². The van der Waals surface area contributed by atoms with Crippen LogP contribution in [0.2, 0.25) is 0 Å². The van der Waals surface area contributed by atoms with Crippen LogP contribution in [-0.4, -0.2) is 31.7 Å². The second-order valence-electron chi connectivity index (χ2n) is 5.10. The van der Waals surface area contributed by atoms with Crippen molar-refractivity contribution in [2.45, 2.75) is 38.1 Å². The van der Waals surface area contributed by atoms with E-state index in [4.69, 9.17) is 24.3 Å². The molecule has 0 aliphatic carbocycles. The van der Waals surface area contributed by atoms with E-state index < -0.39 is 20.7 Å². The van der Waals surface area contributed by atoms with Gasteiger partial charge in [-0.15, -0.1) is 0 Å². The van der Waals surface area contributed by atoms with Crippen LogP contribution in [-0.2, 0) is 9.13 Å². The van der Waals surface area contributed by atoms with Gasteiger partial charge in [0.05, 0.1) is 12.3 Å². The number of benzene rings is 1. The molecule has 0 atom stereocenters. The summed E-state index contributed by atoms with van der Waals surface area (Å²) < 4.78 is 28.2. The first-order valence-electron chi connectivity index (χ1n) is 7.25. The Hall–Kier alpha value is -0.880. The van der Waals surface area contributed by atoms with E-state index in [1.807, 2.05) is 0 Å². The molecule has 0 amide bonds. The lowest BCUT2D eigenvalue weighted by Crippen LogP contribution is -2.20. The number of unbranched alkanes of at least 4 members (excludes halogenated alkanes) is 3. The molecule has 1 rings (SSSR count). The monoisotopic (exact) mass is 367 g/mol. The fraction of sp³-hybridized carbons (Fsp3) is 0.538. The molecule has 132 valence electrons. The normalized spacial score (nSPS) is 12.4. The first-order chi connectivity index (χ1) is 10.7. The molecule has 1 aromatic rings. The molecule has 0 heterocycles. The number of rotatable bonds is 10. The predicted molar refractivity (Wildman–Crippen MR) is 87.6 cm³/mol. The average molecular weight is 367 g/mol. The maximum absolute atomic E-state index is 11.3. The zero-order valence-corrected chi connectivity index (χ0v) is 14.6. The fourth-order valence-corrected chi connectivity index (χ4v) is 4.11. The Balaban J connectivity index is 2.83. The largest absolute Gasteiger partial charge is 0.491 e. The molecule has 0 bridgehead atoms. The molecule has 0 unspecified atom stereocenters. The van der Waals surface area contributed by atoms with Crippen molar-refractivity contribution < 1.29 is 33.4 Å². The number of hydrogen-bond donors (Lipinski definition) is 5. The third-order valence-electron chi connectivity index (χ3n) is 3.06. The minimum Gasteiger partial charge on any atom is -0.491 e. The Labute approximate surface area is 135 Å². The highest BCUT2D eigenvalue weighted by Crippen LogP contribution is 2.59. The second kappa shape index (κ2) is 8.83. The van der Waals surface area contributed by atoms with E-state index in [9.17, 15) is 9.13 Å².